The fourth-order valence-corrected chi connectivity index (χ4v) is 2.89. The van der Waals surface area contributed by atoms with Gasteiger partial charge in [-0.1, -0.05) is 18.2 Å². The summed E-state index contributed by atoms with van der Waals surface area (Å²) in [5.41, 5.74) is 2.03. The standard InChI is InChI=1S/C16H12FNO3/c17-12-4-2-1-3-9(12)10-6-16(19)18-13-7-15-14(5-11(10)13)20-8-21-15/h1-5,7,10H,6,8H2,(H,18,19)/t10-/m1/s1. The van der Waals surface area contributed by atoms with E-state index in [0.29, 0.717) is 22.7 Å². The normalized spacial score (nSPS) is 19.1. The van der Waals surface area contributed by atoms with Crippen LogP contribution in [0.2, 0.25) is 0 Å². The minimum Gasteiger partial charge on any atom is -0.454 e. The van der Waals surface area contributed by atoms with Gasteiger partial charge in [-0.25, -0.2) is 4.39 Å². The van der Waals surface area contributed by atoms with Gasteiger partial charge in [0.2, 0.25) is 12.7 Å². The summed E-state index contributed by atoms with van der Waals surface area (Å²) >= 11 is 0. The highest BCUT2D eigenvalue weighted by Gasteiger charge is 2.31. The molecular weight excluding hydrogens is 273 g/mol. The van der Waals surface area contributed by atoms with Gasteiger partial charge in [0.25, 0.3) is 0 Å². The second-order valence-corrected chi connectivity index (χ2v) is 5.12. The predicted molar refractivity (Wildman–Crippen MR) is 74.1 cm³/mol. The van der Waals surface area contributed by atoms with Crippen molar-refractivity contribution in [1.82, 2.24) is 0 Å². The lowest BCUT2D eigenvalue weighted by atomic mass is 9.84. The maximum absolute atomic E-state index is 14.1. The van der Waals surface area contributed by atoms with E-state index in [4.69, 9.17) is 9.47 Å². The average Bonchev–Trinajstić information content (AvgIpc) is 2.92. The number of anilines is 1. The Morgan fingerprint density at radius 3 is 2.67 bits per heavy atom. The van der Waals surface area contributed by atoms with E-state index in [1.165, 1.54) is 6.07 Å². The predicted octanol–water partition coefficient (Wildman–Crippen LogP) is 3.03. The van der Waals surface area contributed by atoms with Crippen LogP contribution < -0.4 is 14.8 Å². The molecule has 0 saturated heterocycles. The largest absolute Gasteiger partial charge is 0.454 e. The molecule has 2 aliphatic rings. The lowest BCUT2D eigenvalue weighted by molar-refractivity contribution is -0.116. The summed E-state index contributed by atoms with van der Waals surface area (Å²) in [6.45, 7) is 0.163. The van der Waals surface area contributed by atoms with Gasteiger partial charge in [0.05, 0.1) is 0 Å². The minimum absolute atomic E-state index is 0.130. The molecule has 0 bridgehead atoms. The first-order chi connectivity index (χ1) is 10.2. The van der Waals surface area contributed by atoms with Crippen LogP contribution in [0, 0.1) is 5.82 Å². The van der Waals surface area contributed by atoms with Gasteiger partial charge < -0.3 is 14.8 Å². The summed E-state index contributed by atoms with van der Waals surface area (Å²) in [6.07, 6.45) is 0.216. The molecule has 106 valence electrons. The molecule has 1 atom stereocenters. The first kappa shape index (κ1) is 12.2. The highest BCUT2D eigenvalue weighted by atomic mass is 19.1. The molecule has 5 heteroatoms. The number of rotatable bonds is 1. The van der Waals surface area contributed by atoms with Crippen LogP contribution in [0.3, 0.4) is 0 Å². The molecule has 2 aromatic carbocycles. The Labute approximate surface area is 120 Å². The number of fused-ring (bicyclic) bond motifs is 2. The molecule has 0 aliphatic carbocycles. The van der Waals surface area contributed by atoms with E-state index < -0.39 is 0 Å². The van der Waals surface area contributed by atoms with Gasteiger partial charge in [-0.3, -0.25) is 4.79 Å². The van der Waals surface area contributed by atoms with Crippen LogP contribution in [0.1, 0.15) is 23.5 Å². The number of carbonyl (C=O) groups is 1. The molecule has 0 aromatic heterocycles. The topological polar surface area (TPSA) is 47.6 Å². The van der Waals surface area contributed by atoms with Gasteiger partial charge in [-0.05, 0) is 23.3 Å². The molecule has 0 saturated carbocycles. The Hall–Kier alpha value is -2.56. The number of halogens is 1. The van der Waals surface area contributed by atoms with Gasteiger partial charge in [0.1, 0.15) is 5.82 Å². The first-order valence-corrected chi connectivity index (χ1v) is 6.70. The number of benzene rings is 2. The van der Waals surface area contributed by atoms with Crippen molar-refractivity contribution in [3.63, 3.8) is 0 Å². The Balaban J connectivity index is 1.88. The number of ether oxygens (including phenoxy) is 2. The number of carbonyl (C=O) groups excluding carboxylic acids is 1. The summed E-state index contributed by atoms with van der Waals surface area (Å²) in [6, 6.07) is 10.1. The highest BCUT2D eigenvalue weighted by Crippen LogP contribution is 2.44. The number of hydrogen-bond donors (Lipinski definition) is 1. The molecule has 1 N–H and O–H groups in total. The molecule has 0 fully saturated rings. The quantitative estimate of drug-likeness (QED) is 0.876. The zero-order chi connectivity index (χ0) is 14.4. The van der Waals surface area contributed by atoms with E-state index in [9.17, 15) is 9.18 Å². The molecule has 2 heterocycles. The third-order valence-electron chi connectivity index (χ3n) is 3.86. The van der Waals surface area contributed by atoms with Crippen LogP contribution in [0.4, 0.5) is 10.1 Å². The molecule has 2 aliphatic heterocycles. The number of hydrogen-bond acceptors (Lipinski definition) is 3. The zero-order valence-corrected chi connectivity index (χ0v) is 11.1. The lowest BCUT2D eigenvalue weighted by Gasteiger charge is -2.26. The second kappa shape index (κ2) is 4.48. The summed E-state index contributed by atoms with van der Waals surface area (Å²) in [5, 5.41) is 2.81. The summed E-state index contributed by atoms with van der Waals surface area (Å²) in [5.74, 6) is 0.481. The molecule has 4 nitrogen and oxygen atoms in total. The smallest absolute Gasteiger partial charge is 0.231 e. The van der Waals surface area contributed by atoms with Crippen molar-refractivity contribution >= 4 is 11.6 Å². The summed E-state index contributed by atoms with van der Waals surface area (Å²) in [4.78, 5) is 11.9. The van der Waals surface area contributed by atoms with E-state index >= 15 is 0 Å². The first-order valence-electron chi connectivity index (χ1n) is 6.70. The van der Waals surface area contributed by atoms with Crippen molar-refractivity contribution in [3.8, 4) is 11.5 Å². The van der Waals surface area contributed by atoms with Gasteiger partial charge in [0.15, 0.2) is 11.5 Å². The van der Waals surface area contributed by atoms with Crippen molar-refractivity contribution in [2.45, 2.75) is 12.3 Å². The van der Waals surface area contributed by atoms with Crippen LogP contribution >= 0.6 is 0 Å². The maximum atomic E-state index is 14.1. The van der Waals surface area contributed by atoms with Gasteiger partial charge >= 0.3 is 0 Å². The van der Waals surface area contributed by atoms with Gasteiger partial charge in [0, 0.05) is 24.1 Å². The third-order valence-corrected chi connectivity index (χ3v) is 3.86. The second-order valence-electron chi connectivity index (χ2n) is 5.12. The van der Waals surface area contributed by atoms with Crippen molar-refractivity contribution in [1.29, 1.82) is 0 Å². The van der Waals surface area contributed by atoms with E-state index in [2.05, 4.69) is 5.32 Å². The van der Waals surface area contributed by atoms with Crippen LogP contribution in [0.25, 0.3) is 0 Å². The molecule has 0 unspecified atom stereocenters. The van der Waals surface area contributed by atoms with Crippen molar-refractivity contribution in [2.75, 3.05) is 12.1 Å². The van der Waals surface area contributed by atoms with Gasteiger partial charge in [-0.2, -0.15) is 0 Å². The molecule has 0 spiro atoms. The van der Waals surface area contributed by atoms with Gasteiger partial charge in [-0.15, -0.1) is 0 Å². The molecule has 4 rings (SSSR count). The van der Waals surface area contributed by atoms with Crippen LogP contribution in [-0.2, 0) is 4.79 Å². The SMILES string of the molecule is O=C1C[C@H](c2ccccc2F)c2cc3c(cc2N1)OCO3. The summed E-state index contributed by atoms with van der Waals surface area (Å²) < 4.78 is 24.8. The highest BCUT2D eigenvalue weighted by molar-refractivity contribution is 5.96. The third kappa shape index (κ3) is 1.93. The Morgan fingerprint density at radius 1 is 1.10 bits per heavy atom. The van der Waals surface area contributed by atoms with E-state index in [1.54, 1.807) is 24.3 Å². The lowest BCUT2D eigenvalue weighted by Crippen LogP contribution is -2.24. The molecule has 2 aromatic rings. The Bertz CT molecular complexity index is 744. The van der Waals surface area contributed by atoms with Crippen molar-refractivity contribution in [3.05, 3.63) is 53.3 Å². The molecule has 1 amide bonds. The van der Waals surface area contributed by atoms with Crippen LogP contribution in [0.15, 0.2) is 36.4 Å². The minimum atomic E-state index is -0.315. The number of nitrogens with one attached hydrogen (secondary N) is 1. The zero-order valence-electron chi connectivity index (χ0n) is 11.1. The molecular formula is C16H12FNO3. The van der Waals surface area contributed by atoms with Crippen molar-refractivity contribution < 1.29 is 18.7 Å². The van der Waals surface area contributed by atoms with E-state index in [1.807, 2.05) is 6.07 Å². The number of amides is 1. The van der Waals surface area contributed by atoms with Crippen molar-refractivity contribution in [2.24, 2.45) is 0 Å². The molecule has 21 heavy (non-hydrogen) atoms. The monoisotopic (exact) mass is 285 g/mol. The van der Waals surface area contributed by atoms with Crippen LogP contribution in [-0.4, -0.2) is 12.7 Å². The fourth-order valence-electron chi connectivity index (χ4n) is 2.89. The maximum Gasteiger partial charge on any atom is 0.231 e. The fraction of sp³-hybridized carbons (Fsp3) is 0.188. The van der Waals surface area contributed by atoms with E-state index in [0.717, 1.165) is 5.56 Å². The van der Waals surface area contributed by atoms with E-state index in [-0.39, 0.29) is 30.9 Å². The summed E-state index contributed by atoms with van der Waals surface area (Å²) in [7, 11) is 0. The Morgan fingerprint density at radius 2 is 1.86 bits per heavy atom. The average molecular weight is 285 g/mol. The Kier molecular flexibility index (Phi) is 2.60. The molecule has 0 radical (unpaired) electrons. The van der Waals surface area contributed by atoms with Crippen LogP contribution in [0.5, 0.6) is 11.5 Å².